The first kappa shape index (κ1) is 15.3. The average molecular weight is 299 g/mol. The standard InChI is InChI=1S/C13H21N3O3S/c1-8(2)12-14-15-13(20-7-11(17)18)16(12)9(3)10-5-4-6-19-10/h8-10H,4-7H2,1-3H3,(H,17,18). The largest absolute Gasteiger partial charge is 0.481 e. The van der Waals surface area contributed by atoms with E-state index in [1.165, 1.54) is 11.8 Å². The number of aromatic nitrogens is 3. The number of hydrogen-bond acceptors (Lipinski definition) is 5. The Labute approximate surface area is 122 Å². The first-order valence-corrected chi connectivity index (χ1v) is 7.90. The van der Waals surface area contributed by atoms with Gasteiger partial charge in [0, 0.05) is 12.5 Å². The van der Waals surface area contributed by atoms with Gasteiger partial charge in [0.25, 0.3) is 0 Å². The lowest BCUT2D eigenvalue weighted by Gasteiger charge is -2.24. The van der Waals surface area contributed by atoms with Gasteiger partial charge in [-0.2, -0.15) is 0 Å². The molecule has 2 atom stereocenters. The van der Waals surface area contributed by atoms with Crippen molar-refractivity contribution >= 4 is 17.7 Å². The molecule has 0 bridgehead atoms. The zero-order valence-corrected chi connectivity index (χ0v) is 12.9. The average Bonchev–Trinajstić information content (AvgIpc) is 3.04. The van der Waals surface area contributed by atoms with Crippen LogP contribution in [0.3, 0.4) is 0 Å². The van der Waals surface area contributed by atoms with Crippen molar-refractivity contribution in [3.63, 3.8) is 0 Å². The topological polar surface area (TPSA) is 77.2 Å². The highest BCUT2D eigenvalue weighted by atomic mass is 32.2. The fourth-order valence-corrected chi connectivity index (χ4v) is 3.19. The first-order valence-electron chi connectivity index (χ1n) is 6.91. The molecule has 6 nitrogen and oxygen atoms in total. The molecule has 1 aliphatic heterocycles. The van der Waals surface area contributed by atoms with E-state index in [1.54, 1.807) is 0 Å². The Bertz CT molecular complexity index is 469. The minimum atomic E-state index is -0.847. The number of thioether (sulfide) groups is 1. The molecule has 0 amide bonds. The molecule has 1 aromatic rings. The van der Waals surface area contributed by atoms with Gasteiger partial charge >= 0.3 is 5.97 Å². The van der Waals surface area contributed by atoms with Crippen LogP contribution in [0.1, 0.15) is 51.4 Å². The fraction of sp³-hybridized carbons (Fsp3) is 0.769. The summed E-state index contributed by atoms with van der Waals surface area (Å²) in [6.45, 7) is 7.02. The van der Waals surface area contributed by atoms with Crippen molar-refractivity contribution < 1.29 is 14.6 Å². The van der Waals surface area contributed by atoms with Crippen LogP contribution < -0.4 is 0 Å². The number of carboxylic acid groups (broad SMARTS) is 1. The SMILES string of the molecule is CC(C)c1nnc(SCC(=O)O)n1C(C)C1CCCO1. The maximum Gasteiger partial charge on any atom is 0.313 e. The highest BCUT2D eigenvalue weighted by molar-refractivity contribution is 7.99. The van der Waals surface area contributed by atoms with Gasteiger partial charge in [0.1, 0.15) is 5.82 Å². The van der Waals surface area contributed by atoms with E-state index in [-0.39, 0.29) is 23.8 Å². The molecule has 1 fully saturated rings. The molecular weight excluding hydrogens is 278 g/mol. The number of carbonyl (C=O) groups is 1. The molecule has 0 saturated carbocycles. The summed E-state index contributed by atoms with van der Waals surface area (Å²) in [6.07, 6.45) is 2.26. The van der Waals surface area contributed by atoms with Crippen molar-refractivity contribution in [1.82, 2.24) is 14.8 Å². The smallest absolute Gasteiger partial charge is 0.313 e. The Morgan fingerprint density at radius 2 is 2.25 bits per heavy atom. The summed E-state index contributed by atoms with van der Waals surface area (Å²) in [5.41, 5.74) is 0. The van der Waals surface area contributed by atoms with E-state index >= 15 is 0 Å². The molecule has 20 heavy (non-hydrogen) atoms. The second-order valence-corrected chi connectivity index (χ2v) is 6.28. The predicted molar refractivity (Wildman–Crippen MR) is 76.2 cm³/mol. The Kier molecular flexibility index (Phi) is 5.04. The molecule has 0 spiro atoms. The van der Waals surface area contributed by atoms with E-state index in [2.05, 4.69) is 31.0 Å². The molecule has 0 aromatic carbocycles. The van der Waals surface area contributed by atoms with Gasteiger partial charge < -0.3 is 14.4 Å². The van der Waals surface area contributed by atoms with E-state index < -0.39 is 5.97 Å². The van der Waals surface area contributed by atoms with Crippen LogP contribution in [0.2, 0.25) is 0 Å². The lowest BCUT2D eigenvalue weighted by Crippen LogP contribution is -2.24. The van der Waals surface area contributed by atoms with Crippen LogP contribution in [0.15, 0.2) is 5.16 Å². The molecule has 0 aliphatic carbocycles. The zero-order chi connectivity index (χ0) is 14.7. The summed E-state index contributed by atoms with van der Waals surface area (Å²) in [5, 5.41) is 17.9. The van der Waals surface area contributed by atoms with Gasteiger partial charge in [0.2, 0.25) is 0 Å². The van der Waals surface area contributed by atoms with E-state index in [4.69, 9.17) is 9.84 Å². The van der Waals surface area contributed by atoms with E-state index in [0.29, 0.717) is 5.16 Å². The fourth-order valence-electron chi connectivity index (χ4n) is 2.44. The zero-order valence-electron chi connectivity index (χ0n) is 12.1. The minimum absolute atomic E-state index is 0.00548. The number of nitrogens with zero attached hydrogens (tertiary/aromatic N) is 3. The molecule has 2 heterocycles. The summed E-state index contributed by atoms with van der Waals surface area (Å²) < 4.78 is 7.80. The minimum Gasteiger partial charge on any atom is -0.481 e. The predicted octanol–water partition coefficient (Wildman–Crippen LogP) is 2.32. The third kappa shape index (κ3) is 3.32. The molecule has 1 saturated heterocycles. The van der Waals surface area contributed by atoms with E-state index in [1.807, 2.05) is 4.57 Å². The van der Waals surface area contributed by atoms with Gasteiger partial charge in [-0.25, -0.2) is 0 Å². The molecule has 0 radical (unpaired) electrons. The Balaban J connectivity index is 2.25. The van der Waals surface area contributed by atoms with Crippen molar-refractivity contribution in [3.8, 4) is 0 Å². The Morgan fingerprint density at radius 1 is 1.50 bits per heavy atom. The summed E-state index contributed by atoms with van der Waals surface area (Å²) in [4.78, 5) is 10.7. The number of rotatable bonds is 6. The molecule has 1 aromatic heterocycles. The van der Waals surface area contributed by atoms with Gasteiger partial charge in [0.05, 0.1) is 17.9 Å². The Hall–Kier alpha value is -1.08. The van der Waals surface area contributed by atoms with E-state index in [9.17, 15) is 4.79 Å². The van der Waals surface area contributed by atoms with Crippen molar-refractivity contribution in [2.24, 2.45) is 0 Å². The summed E-state index contributed by atoms with van der Waals surface area (Å²) >= 11 is 1.21. The van der Waals surface area contributed by atoms with Crippen molar-refractivity contribution in [2.75, 3.05) is 12.4 Å². The van der Waals surface area contributed by atoms with Crippen molar-refractivity contribution in [3.05, 3.63) is 5.82 Å². The molecular formula is C13H21N3O3S. The molecule has 112 valence electrons. The first-order chi connectivity index (χ1) is 9.50. The monoisotopic (exact) mass is 299 g/mol. The molecule has 1 aliphatic rings. The lowest BCUT2D eigenvalue weighted by molar-refractivity contribution is -0.133. The van der Waals surface area contributed by atoms with Gasteiger partial charge in [-0.05, 0) is 19.8 Å². The second kappa shape index (κ2) is 6.58. The summed E-state index contributed by atoms with van der Waals surface area (Å²) in [6, 6.07) is 0.126. The van der Waals surface area contributed by atoms with E-state index in [0.717, 1.165) is 25.3 Å². The van der Waals surface area contributed by atoms with Crippen LogP contribution in [0, 0.1) is 0 Å². The summed E-state index contributed by atoms with van der Waals surface area (Å²) in [7, 11) is 0. The maximum atomic E-state index is 10.7. The number of aliphatic carboxylic acids is 1. The van der Waals surface area contributed by atoms with Crippen LogP contribution in [-0.2, 0) is 9.53 Å². The van der Waals surface area contributed by atoms with Crippen LogP contribution in [-0.4, -0.2) is 44.3 Å². The quantitative estimate of drug-likeness (QED) is 0.812. The molecule has 2 unspecified atom stereocenters. The molecule has 2 rings (SSSR count). The molecule has 7 heteroatoms. The van der Waals surface area contributed by atoms with Crippen LogP contribution in [0.25, 0.3) is 0 Å². The molecule has 1 N–H and O–H groups in total. The normalized spacial score (nSPS) is 20.5. The van der Waals surface area contributed by atoms with Gasteiger partial charge in [0.15, 0.2) is 5.16 Å². The van der Waals surface area contributed by atoms with Crippen LogP contribution in [0.5, 0.6) is 0 Å². The highest BCUT2D eigenvalue weighted by Crippen LogP contribution is 2.31. The maximum absolute atomic E-state index is 10.7. The van der Waals surface area contributed by atoms with Gasteiger partial charge in [-0.3, -0.25) is 4.79 Å². The Morgan fingerprint density at radius 3 is 2.80 bits per heavy atom. The van der Waals surface area contributed by atoms with Gasteiger partial charge in [-0.1, -0.05) is 25.6 Å². The number of ether oxygens (including phenoxy) is 1. The number of hydrogen-bond donors (Lipinski definition) is 1. The lowest BCUT2D eigenvalue weighted by atomic mass is 10.1. The van der Waals surface area contributed by atoms with Crippen LogP contribution >= 0.6 is 11.8 Å². The highest BCUT2D eigenvalue weighted by Gasteiger charge is 2.29. The number of carboxylic acids is 1. The third-order valence-corrected chi connectivity index (χ3v) is 4.37. The van der Waals surface area contributed by atoms with Crippen LogP contribution in [0.4, 0.5) is 0 Å². The summed E-state index contributed by atoms with van der Waals surface area (Å²) in [5.74, 6) is 0.279. The van der Waals surface area contributed by atoms with Crippen molar-refractivity contribution in [2.45, 2.75) is 56.8 Å². The second-order valence-electron chi connectivity index (χ2n) is 5.34. The van der Waals surface area contributed by atoms with Gasteiger partial charge in [-0.15, -0.1) is 10.2 Å². The third-order valence-electron chi connectivity index (χ3n) is 3.44. The van der Waals surface area contributed by atoms with Crippen molar-refractivity contribution in [1.29, 1.82) is 0 Å².